The van der Waals surface area contributed by atoms with Gasteiger partial charge in [0, 0.05) is 57.3 Å². The first-order chi connectivity index (χ1) is 17.0. The molecule has 2 aromatic rings. The van der Waals surface area contributed by atoms with Crippen LogP contribution in [0.2, 0.25) is 0 Å². The fraction of sp³-hybridized carbons (Fsp3) is 0.520. The summed E-state index contributed by atoms with van der Waals surface area (Å²) in [5, 5.41) is 3.30. The van der Waals surface area contributed by atoms with Crippen molar-refractivity contribution < 1.29 is 22.8 Å². The fourth-order valence-corrected chi connectivity index (χ4v) is 4.73. The van der Waals surface area contributed by atoms with Gasteiger partial charge in [-0.05, 0) is 38.5 Å². The van der Waals surface area contributed by atoms with Gasteiger partial charge in [0.05, 0.1) is 11.3 Å². The summed E-state index contributed by atoms with van der Waals surface area (Å²) in [6, 6.07) is 4.28. The average Bonchev–Trinajstić information content (AvgIpc) is 3.23. The lowest BCUT2D eigenvalue weighted by Crippen LogP contribution is -2.48. The van der Waals surface area contributed by atoms with Crippen molar-refractivity contribution in [3.8, 4) is 0 Å². The maximum absolute atomic E-state index is 13.3. The third-order valence-corrected chi connectivity index (χ3v) is 6.87. The van der Waals surface area contributed by atoms with Gasteiger partial charge in [-0.3, -0.25) is 9.69 Å². The Morgan fingerprint density at radius 1 is 1.14 bits per heavy atom. The minimum atomic E-state index is -4.43. The van der Waals surface area contributed by atoms with E-state index in [0.29, 0.717) is 55.7 Å². The van der Waals surface area contributed by atoms with Crippen LogP contribution in [0.25, 0.3) is 0 Å². The Kier molecular flexibility index (Phi) is 7.21. The second-order valence-electron chi connectivity index (χ2n) is 9.57. The Morgan fingerprint density at radius 3 is 2.42 bits per heavy atom. The lowest BCUT2D eigenvalue weighted by atomic mass is 10.0. The number of benzene rings is 1. The van der Waals surface area contributed by atoms with Crippen molar-refractivity contribution >= 4 is 24.0 Å². The average molecular weight is 505 g/mol. The number of carbonyl (C=O) groups is 2. The maximum atomic E-state index is 13.3. The molecular weight excluding hydrogens is 473 g/mol. The highest BCUT2D eigenvalue weighted by molar-refractivity contribution is 5.73. The molecule has 1 fully saturated rings. The van der Waals surface area contributed by atoms with Crippen molar-refractivity contribution in [1.29, 1.82) is 0 Å². The van der Waals surface area contributed by atoms with Gasteiger partial charge in [0.2, 0.25) is 11.9 Å². The van der Waals surface area contributed by atoms with E-state index in [9.17, 15) is 22.8 Å². The molecule has 1 aromatic carbocycles. The number of hydrogen-bond donors (Lipinski definition) is 1. The second kappa shape index (κ2) is 10.0. The Morgan fingerprint density at radius 2 is 1.83 bits per heavy atom. The van der Waals surface area contributed by atoms with Crippen molar-refractivity contribution in [1.82, 2.24) is 19.8 Å². The summed E-state index contributed by atoms with van der Waals surface area (Å²) in [5.74, 6) is 0.951. The van der Waals surface area contributed by atoms with Gasteiger partial charge < -0.3 is 19.9 Å². The maximum Gasteiger partial charge on any atom is 0.416 e. The molecular formula is C25H31F3N6O2. The topological polar surface area (TPSA) is 81.7 Å². The van der Waals surface area contributed by atoms with Gasteiger partial charge in [0.15, 0.2) is 0 Å². The van der Waals surface area contributed by atoms with Gasteiger partial charge in [0.1, 0.15) is 18.1 Å². The summed E-state index contributed by atoms with van der Waals surface area (Å²) in [7, 11) is 0. The summed E-state index contributed by atoms with van der Waals surface area (Å²) >= 11 is 0. The minimum Gasteiger partial charge on any atom is -0.363 e. The van der Waals surface area contributed by atoms with Crippen LogP contribution < -0.4 is 10.2 Å². The van der Waals surface area contributed by atoms with Gasteiger partial charge in [-0.15, -0.1) is 0 Å². The van der Waals surface area contributed by atoms with Crippen LogP contribution in [0.4, 0.5) is 24.9 Å². The smallest absolute Gasteiger partial charge is 0.363 e. The summed E-state index contributed by atoms with van der Waals surface area (Å²) in [6.45, 7) is 9.91. The molecule has 1 N–H and O–H groups in total. The van der Waals surface area contributed by atoms with Crippen molar-refractivity contribution in [2.24, 2.45) is 0 Å². The van der Waals surface area contributed by atoms with E-state index in [-0.39, 0.29) is 11.9 Å². The molecule has 0 aliphatic carbocycles. The molecule has 2 aliphatic rings. The van der Waals surface area contributed by atoms with Crippen molar-refractivity contribution in [2.75, 3.05) is 36.4 Å². The molecule has 1 aromatic heterocycles. The first-order valence-corrected chi connectivity index (χ1v) is 12.1. The van der Waals surface area contributed by atoms with Crippen LogP contribution in [0, 0.1) is 0 Å². The fourth-order valence-electron chi connectivity index (χ4n) is 4.73. The molecule has 1 unspecified atom stereocenters. The largest absolute Gasteiger partial charge is 0.416 e. The number of alkyl halides is 3. The van der Waals surface area contributed by atoms with Crippen molar-refractivity contribution in [2.45, 2.75) is 58.5 Å². The Bertz CT molecular complexity index is 1130. The number of nitrogens with zero attached hydrogens (tertiary/aromatic N) is 5. The van der Waals surface area contributed by atoms with E-state index in [1.54, 1.807) is 17.9 Å². The van der Waals surface area contributed by atoms with Crippen LogP contribution in [-0.4, -0.2) is 64.2 Å². The van der Waals surface area contributed by atoms with E-state index in [2.05, 4.69) is 5.32 Å². The zero-order valence-electron chi connectivity index (χ0n) is 20.8. The highest BCUT2D eigenvalue weighted by Gasteiger charge is 2.37. The van der Waals surface area contributed by atoms with Crippen LogP contribution in [0.15, 0.2) is 24.3 Å². The van der Waals surface area contributed by atoms with Crippen LogP contribution in [-0.2, 0) is 22.3 Å². The van der Waals surface area contributed by atoms with E-state index in [1.807, 2.05) is 23.6 Å². The standard InChI is InChI=1S/C25H31F3N6O2/c1-15(2)34-13-20-22(21(34)14-35)30-24(33-10-8-32(9-11-33)17(4)36)31-23(20)29-16(3)18-6-5-7-19(12-18)25(26,27)28/h5-7,12,14-16,21H,8-11,13H2,1-4H3,(H,29,30,31)/t16?,21-/m0/s1. The van der Waals surface area contributed by atoms with Gasteiger partial charge in [-0.25, -0.2) is 4.98 Å². The molecule has 1 saturated heterocycles. The molecule has 8 nitrogen and oxygen atoms in total. The number of fused-ring (bicyclic) bond motifs is 1. The zero-order valence-corrected chi connectivity index (χ0v) is 20.8. The summed E-state index contributed by atoms with van der Waals surface area (Å²) in [5.41, 5.74) is 1.14. The van der Waals surface area contributed by atoms with Crippen molar-refractivity contribution in [3.63, 3.8) is 0 Å². The number of aldehydes is 1. The quantitative estimate of drug-likeness (QED) is 0.600. The number of nitrogens with one attached hydrogen (secondary N) is 1. The first kappa shape index (κ1) is 25.9. The van der Waals surface area contributed by atoms with Crippen LogP contribution in [0.3, 0.4) is 0 Å². The number of halogens is 3. The molecule has 0 spiro atoms. The van der Waals surface area contributed by atoms with E-state index >= 15 is 0 Å². The zero-order chi connectivity index (χ0) is 26.2. The number of aromatic nitrogens is 2. The second-order valence-corrected chi connectivity index (χ2v) is 9.57. The van der Waals surface area contributed by atoms with Gasteiger partial charge in [-0.2, -0.15) is 18.2 Å². The Hall–Kier alpha value is -3.21. The molecule has 36 heavy (non-hydrogen) atoms. The molecule has 0 bridgehead atoms. The SMILES string of the molecule is CC(=O)N1CCN(c2nc(NC(C)c3cccc(C(F)(F)F)c3)c3c(n2)[C@H](C=O)N(C(C)C)C3)CC1. The predicted molar refractivity (Wildman–Crippen MR) is 129 cm³/mol. The highest BCUT2D eigenvalue weighted by atomic mass is 19.4. The number of piperazine rings is 1. The van der Waals surface area contributed by atoms with Crippen LogP contribution in [0.5, 0.6) is 0 Å². The molecule has 2 atom stereocenters. The lowest BCUT2D eigenvalue weighted by Gasteiger charge is -2.34. The van der Waals surface area contributed by atoms with E-state index in [0.717, 1.165) is 24.0 Å². The number of carbonyl (C=O) groups excluding carboxylic acids is 2. The monoisotopic (exact) mass is 504 g/mol. The highest BCUT2D eigenvalue weighted by Crippen LogP contribution is 2.39. The molecule has 1 amide bonds. The Labute approximate surface area is 208 Å². The molecule has 194 valence electrons. The van der Waals surface area contributed by atoms with Gasteiger partial charge in [-0.1, -0.05) is 12.1 Å². The Balaban J connectivity index is 1.69. The van der Waals surface area contributed by atoms with E-state index in [4.69, 9.17) is 9.97 Å². The third-order valence-electron chi connectivity index (χ3n) is 6.87. The summed E-state index contributed by atoms with van der Waals surface area (Å²) in [4.78, 5) is 39.1. The van der Waals surface area contributed by atoms with Crippen LogP contribution >= 0.6 is 0 Å². The minimum absolute atomic E-state index is 0.00961. The molecule has 2 aliphatic heterocycles. The first-order valence-electron chi connectivity index (χ1n) is 12.1. The van der Waals surface area contributed by atoms with Crippen molar-refractivity contribution in [3.05, 3.63) is 46.6 Å². The summed E-state index contributed by atoms with van der Waals surface area (Å²) in [6.07, 6.45) is -3.56. The van der Waals surface area contributed by atoms with Crippen LogP contribution in [0.1, 0.15) is 62.2 Å². The molecule has 11 heteroatoms. The third kappa shape index (κ3) is 5.16. The molecule has 0 radical (unpaired) electrons. The number of amides is 1. The summed E-state index contributed by atoms with van der Waals surface area (Å²) < 4.78 is 39.8. The number of hydrogen-bond acceptors (Lipinski definition) is 7. The van der Waals surface area contributed by atoms with E-state index in [1.165, 1.54) is 13.0 Å². The van der Waals surface area contributed by atoms with E-state index < -0.39 is 23.8 Å². The normalized spacial score (nSPS) is 19.4. The molecule has 0 saturated carbocycles. The molecule has 4 rings (SSSR count). The van der Waals surface area contributed by atoms with Gasteiger partial charge >= 0.3 is 6.18 Å². The van der Waals surface area contributed by atoms with Gasteiger partial charge in [0.25, 0.3) is 0 Å². The predicted octanol–water partition coefficient (Wildman–Crippen LogP) is 3.80. The number of rotatable bonds is 6. The lowest BCUT2D eigenvalue weighted by molar-refractivity contribution is -0.137. The molecule has 3 heterocycles. The number of anilines is 2.